The van der Waals surface area contributed by atoms with Crippen molar-refractivity contribution in [2.75, 3.05) is 0 Å². The summed E-state index contributed by atoms with van der Waals surface area (Å²) in [5.74, 6) is 0. The van der Waals surface area contributed by atoms with Crippen LogP contribution < -0.4 is 0 Å². The maximum Gasteiger partial charge on any atom is 0.0143 e. The Balaban J connectivity index is 3.22. The Kier molecular flexibility index (Phi) is 6.25. The van der Waals surface area contributed by atoms with Crippen LogP contribution in [0.1, 0.15) is 59.8 Å². The van der Waals surface area contributed by atoms with Crippen LogP contribution >= 0.6 is 15.9 Å². The zero-order chi connectivity index (χ0) is 9.61. The Morgan fingerprint density at radius 2 is 1.75 bits per heavy atom. The highest BCUT2D eigenvalue weighted by atomic mass is 79.9. The summed E-state index contributed by atoms with van der Waals surface area (Å²) in [4.78, 5) is 0.748. The minimum atomic E-state index is 0.522. The van der Waals surface area contributed by atoms with Crippen molar-refractivity contribution in [1.29, 1.82) is 0 Å². The molecule has 0 rings (SSSR count). The molecule has 0 N–H and O–H groups in total. The summed E-state index contributed by atoms with van der Waals surface area (Å²) in [5.41, 5.74) is 0.522. The molecule has 12 heavy (non-hydrogen) atoms. The van der Waals surface area contributed by atoms with Crippen molar-refractivity contribution in [2.24, 2.45) is 5.41 Å². The molecule has 0 aromatic rings. The van der Waals surface area contributed by atoms with E-state index in [2.05, 4.69) is 43.6 Å². The van der Waals surface area contributed by atoms with Gasteiger partial charge in [-0.25, -0.2) is 0 Å². The standard InChI is InChI=1S/C11H23Br/c1-5-10(12)8-6-7-9-11(2,3)4/h10H,5-9H2,1-4H3. The molecule has 0 aromatic carbocycles. The molecule has 0 heterocycles. The van der Waals surface area contributed by atoms with Crippen LogP contribution in [0.5, 0.6) is 0 Å². The third-order valence-corrected chi connectivity index (χ3v) is 3.24. The summed E-state index contributed by atoms with van der Waals surface area (Å²) in [6.45, 7) is 9.19. The first kappa shape index (κ1) is 12.5. The lowest BCUT2D eigenvalue weighted by molar-refractivity contribution is 0.357. The van der Waals surface area contributed by atoms with Gasteiger partial charge in [-0.1, -0.05) is 56.5 Å². The predicted molar refractivity (Wildman–Crippen MR) is 60.9 cm³/mol. The molecule has 1 unspecified atom stereocenters. The van der Waals surface area contributed by atoms with Crippen LogP contribution in [-0.2, 0) is 0 Å². The van der Waals surface area contributed by atoms with Crippen LogP contribution in [0.4, 0.5) is 0 Å². The average Bonchev–Trinajstić information content (AvgIpc) is 1.96. The topological polar surface area (TPSA) is 0 Å². The van der Waals surface area contributed by atoms with Gasteiger partial charge >= 0.3 is 0 Å². The van der Waals surface area contributed by atoms with Crippen LogP contribution in [0.3, 0.4) is 0 Å². The Bertz CT molecular complexity index is 102. The summed E-state index contributed by atoms with van der Waals surface area (Å²) in [5, 5.41) is 0. The average molecular weight is 235 g/mol. The van der Waals surface area contributed by atoms with Crippen molar-refractivity contribution >= 4 is 15.9 Å². The number of unbranched alkanes of at least 4 members (excludes halogenated alkanes) is 1. The first-order chi connectivity index (χ1) is 5.45. The maximum absolute atomic E-state index is 3.66. The van der Waals surface area contributed by atoms with E-state index in [9.17, 15) is 0 Å². The molecule has 0 fully saturated rings. The first-order valence-electron chi connectivity index (χ1n) is 5.10. The van der Waals surface area contributed by atoms with E-state index >= 15 is 0 Å². The number of halogens is 1. The Morgan fingerprint density at radius 3 is 2.17 bits per heavy atom. The molecule has 0 saturated carbocycles. The fourth-order valence-electron chi connectivity index (χ4n) is 1.23. The van der Waals surface area contributed by atoms with Crippen LogP contribution in [0.15, 0.2) is 0 Å². The second-order valence-corrected chi connectivity index (χ2v) is 6.11. The van der Waals surface area contributed by atoms with E-state index in [0.717, 1.165) is 4.83 Å². The molecule has 0 spiro atoms. The SMILES string of the molecule is CCC(Br)CCCCC(C)(C)C. The van der Waals surface area contributed by atoms with E-state index in [0.29, 0.717) is 5.41 Å². The second-order valence-electron chi connectivity index (χ2n) is 4.81. The number of rotatable bonds is 5. The van der Waals surface area contributed by atoms with Crippen molar-refractivity contribution in [3.05, 3.63) is 0 Å². The normalized spacial score (nSPS) is 14.8. The van der Waals surface area contributed by atoms with Gasteiger partial charge in [0.05, 0.1) is 0 Å². The summed E-state index contributed by atoms with van der Waals surface area (Å²) < 4.78 is 0. The zero-order valence-electron chi connectivity index (χ0n) is 8.99. The van der Waals surface area contributed by atoms with E-state index in [1.807, 2.05) is 0 Å². The first-order valence-corrected chi connectivity index (χ1v) is 6.01. The monoisotopic (exact) mass is 234 g/mol. The van der Waals surface area contributed by atoms with E-state index in [4.69, 9.17) is 0 Å². The molecule has 1 atom stereocenters. The molecule has 0 bridgehead atoms. The predicted octanol–water partition coefficient (Wildman–Crippen LogP) is 4.77. The van der Waals surface area contributed by atoms with Crippen molar-refractivity contribution in [2.45, 2.75) is 64.6 Å². The van der Waals surface area contributed by atoms with Gasteiger partial charge in [-0.05, 0) is 24.7 Å². The molecule has 0 radical (unpaired) electrons. The van der Waals surface area contributed by atoms with E-state index < -0.39 is 0 Å². The van der Waals surface area contributed by atoms with Gasteiger partial charge in [0.25, 0.3) is 0 Å². The van der Waals surface area contributed by atoms with Crippen molar-refractivity contribution in [3.63, 3.8) is 0 Å². The second kappa shape index (κ2) is 6.01. The fourth-order valence-corrected chi connectivity index (χ4v) is 1.55. The zero-order valence-corrected chi connectivity index (χ0v) is 10.6. The maximum atomic E-state index is 3.66. The van der Waals surface area contributed by atoms with Crippen LogP contribution in [0, 0.1) is 5.41 Å². The molecule has 74 valence electrons. The van der Waals surface area contributed by atoms with Gasteiger partial charge in [-0.15, -0.1) is 0 Å². The summed E-state index contributed by atoms with van der Waals surface area (Å²) in [6, 6.07) is 0. The minimum absolute atomic E-state index is 0.522. The molecule has 1 heteroatoms. The third-order valence-electron chi connectivity index (χ3n) is 2.14. The van der Waals surface area contributed by atoms with Gasteiger partial charge in [0.15, 0.2) is 0 Å². The van der Waals surface area contributed by atoms with Gasteiger partial charge in [0, 0.05) is 4.83 Å². The summed E-state index contributed by atoms with van der Waals surface area (Å²) >= 11 is 3.66. The van der Waals surface area contributed by atoms with Crippen molar-refractivity contribution < 1.29 is 0 Å². The van der Waals surface area contributed by atoms with E-state index in [1.165, 1.54) is 32.1 Å². The van der Waals surface area contributed by atoms with Crippen LogP contribution in [0.2, 0.25) is 0 Å². The molecular formula is C11H23Br. The Morgan fingerprint density at radius 1 is 1.17 bits per heavy atom. The smallest absolute Gasteiger partial charge is 0.0143 e. The lowest BCUT2D eigenvalue weighted by Crippen LogP contribution is -2.04. The van der Waals surface area contributed by atoms with E-state index in [1.54, 1.807) is 0 Å². The summed E-state index contributed by atoms with van der Waals surface area (Å²) in [7, 11) is 0. The highest BCUT2D eigenvalue weighted by molar-refractivity contribution is 9.09. The number of alkyl halides is 1. The van der Waals surface area contributed by atoms with E-state index in [-0.39, 0.29) is 0 Å². The third kappa shape index (κ3) is 8.58. The Hall–Kier alpha value is 0.480. The number of hydrogen-bond acceptors (Lipinski definition) is 0. The molecule has 0 nitrogen and oxygen atoms in total. The largest absolute Gasteiger partial charge is 0.0891 e. The van der Waals surface area contributed by atoms with Gasteiger partial charge in [0.1, 0.15) is 0 Å². The molecule has 0 aliphatic heterocycles. The molecule has 0 saturated heterocycles. The van der Waals surface area contributed by atoms with Crippen LogP contribution in [-0.4, -0.2) is 4.83 Å². The van der Waals surface area contributed by atoms with Crippen molar-refractivity contribution in [3.8, 4) is 0 Å². The van der Waals surface area contributed by atoms with Gasteiger partial charge in [0.2, 0.25) is 0 Å². The van der Waals surface area contributed by atoms with Crippen LogP contribution in [0.25, 0.3) is 0 Å². The molecule has 0 aliphatic carbocycles. The highest BCUT2D eigenvalue weighted by Crippen LogP contribution is 2.23. The van der Waals surface area contributed by atoms with Gasteiger partial charge < -0.3 is 0 Å². The lowest BCUT2D eigenvalue weighted by Gasteiger charge is -2.17. The molecule has 0 amide bonds. The molecule has 0 aromatic heterocycles. The molecule has 0 aliphatic rings. The molecular weight excluding hydrogens is 212 g/mol. The van der Waals surface area contributed by atoms with Gasteiger partial charge in [-0.3, -0.25) is 0 Å². The Labute approximate surface area is 86.3 Å². The summed E-state index contributed by atoms with van der Waals surface area (Å²) in [6.07, 6.45) is 6.71. The van der Waals surface area contributed by atoms with Gasteiger partial charge in [-0.2, -0.15) is 0 Å². The quantitative estimate of drug-likeness (QED) is 0.475. The lowest BCUT2D eigenvalue weighted by atomic mass is 9.89. The highest BCUT2D eigenvalue weighted by Gasteiger charge is 2.09. The fraction of sp³-hybridized carbons (Fsp3) is 1.00. The number of hydrogen-bond donors (Lipinski definition) is 0. The minimum Gasteiger partial charge on any atom is -0.0891 e. The van der Waals surface area contributed by atoms with Crippen molar-refractivity contribution in [1.82, 2.24) is 0 Å².